The minimum Gasteiger partial charge on any atom is -0.493 e. The van der Waals surface area contributed by atoms with E-state index in [-0.39, 0.29) is 23.4 Å². The summed E-state index contributed by atoms with van der Waals surface area (Å²) in [6.07, 6.45) is 2.02. The molecule has 0 aliphatic carbocycles. The number of hydrogen-bond donors (Lipinski definition) is 1. The lowest BCUT2D eigenvalue weighted by atomic mass is 10.2. The maximum atomic E-state index is 12.2. The highest BCUT2D eigenvalue weighted by atomic mass is 32.2. The maximum absolute atomic E-state index is 12.2. The van der Waals surface area contributed by atoms with Crippen LogP contribution in [0.15, 0.2) is 35.8 Å². The molecule has 0 aromatic heterocycles. The second kappa shape index (κ2) is 7.89. The molecule has 132 valence electrons. The summed E-state index contributed by atoms with van der Waals surface area (Å²) in [6, 6.07) is 4.80. The van der Waals surface area contributed by atoms with Gasteiger partial charge >= 0.3 is 5.97 Å². The number of imide groups is 1. The van der Waals surface area contributed by atoms with Gasteiger partial charge in [-0.15, -0.1) is 6.58 Å². The molecule has 1 aliphatic rings. The van der Waals surface area contributed by atoms with Crippen molar-refractivity contribution in [3.8, 4) is 11.5 Å². The third-order valence-corrected chi connectivity index (χ3v) is 4.23. The van der Waals surface area contributed by atoms with Gasteiger partial charge in [0.15, 0.2) is 17.6 Å². The Kier molecular flexibility index (Phi) is 5.87. The van der Waals surface area contributed by atoms with Crippen molar-refractivity contribution < 1.29 is 29.0 Å². The van der Waals surface area contributed by atoms with Gasteiger partial charge in [0.1, 0.15) is 0 Å². The van der Waals surface area contributed by atoms with Crippen molar-refractivity contribution in [1.82, 2.24) is 4.90 Å². The molecule has 1 unspecified atom stereocenters. The molecule has 0 bridgehead atoms. The number of nitrogens with zero attached hydrogens (tertiary/aromatic N) is 1. The summed E-state index contributed by atoms with van der Waals surface area (Å²) >= 11 is 0.850. The minimum atomic E-state index is -1.10. The number of carbonyl (C=O) groups excluding carboxylic acids is 2. The van der Waals surface area contributed by atoms with Gasteiger partial charge < -0.3 is 14.6 Å². The molecule has 2 amide bonds. The highest BCUT2D eigenvalue weighted by Gasteiger charge is 2.34. The molecular weight excluding hydrogens is 346 g/mol. The van der Waals surface area contributed by atoms with Crippen LogP contribution < -0.4 is 9.47 Å². The Hall–Kier alpha value is -2.74. The van der Waals surface area contributed by atoms with Gasteiger partial charge in [-0.1, -0.05) is 12.1 Å². The number of hydrogen-bond acceptors (Lipinski definition) is 6. The zero-order valence-corrected chi connectivity index (χ0v) is 14.5. The number of methoxy groups -OCH3 is 1. The first kappa shape index (κ1) is 18.6. The third-order valence-electron chi connectivity index (χ3n) is 3.32. The first-order valence-corrected chi connectivity index (χ1v) is 8.12. The van der Waals surface area contributed by atoms with Crippen molar-refractivity contribution >= 4 is 35.0 Å². The summed E-state index contributed by atoms with van der Waals surface area (Å²) in [4.78, 5) is 36.3. The van der Waals surface area contributed by atoms with Crippen LogP contribution in [0.2, 0.25) is 0 Å². The Morgan fingerprint density at radius 1 is 1.40 bits per heavy atom. The average molecular weight is 363 g/mol. The molecule has 0 saturated carbocycles. The maximum Gasteiger partial charge on any atom is 0.344 e. The number of thioether (sulfide) groups is 1. The first-order chi connectivity index (χ1) is 11.9. The molecule has 25 heavy (non-hydrogen) atoms. The van der Waals surface area contributed by atoms with Gasteiger partial charge in [-0.25, -0.2) is 4.79 Å². The average Bonchev–Trinajstić information content (AvgIpc) is 2.83. The Morgan fingerprint density at radius 3 is 2.72 bits per heavy atom. The number of amides is 2. The lowest BCUT2D eigenvalue weighted by Crippen LogP contribution is -2.27. The number of rotatable bonds is 7. The van der Waals surface area contributed by atoms with Crippen LogP contribution in [0.25, 0.3) is 6.08 Å². The first-order valence-electron chi connectivity index (χ1n) is 7.31. The fourth-order valence-corrected chi connectivity index (χ4v) is 2.90. The topological polar surface area (TPSA) is 93.1 Å². The molecule has 0 radical (unpaired) electrons. The Balaban J connectivity index is 2.26. The molecule has 1 atom stereocenters. The zero-order chi connectivity index (χ0) is 18.6. The van der Waals surface area contributed by atoms with Crippen LogP contribution in [0.5, 0.6) is 11.5 Å². The largest absolute Gasteiger partial charge is 0.493 e. The van der Waals surface area contributed by atoms with E-state index in [1.165, 1.54) is 20.1 Å². The third kappa shape index (κ3) is 4.21. The zero-order valence-electron chi connectivity index (χ0n) is 13.7. The van der Waals surface area contributed by atoms with E-state index in [0.29, 0.717) is 16.2 Å². The van der Waals surface area contributed by atoms with E-state index in [9.17, 15) is 14.4 Å². The number of carboxylic acids is 1. The van der Waals surface area contributed by atoms with E-state index >= 15 is 0 Å². The van der Waals surface area contributed by atoms with Crippen LogP contribution in [0.3, 0.4) is 0 Å². The molecule has 7 nitrogen and oxygen atoms in total. The lowest BCUT2D eigenvalue weighted by molar-refractivity contribution is -0.144. The summed E-state index contributed by atoms with van der Waals surface area (Å²) in [7, 11) is 1.43. The van der Waals surface area contributed by atoms with Gasteiger partial charge in [0.05, 0.1) is 12.0 Å². The van der Waals surface area contributed by atoms with Crippen molar-refractivity contribution in [3.05, 3.63) is 41.3 Å². The SMILES string of the molecule is C=CCN1C(=O)S/C(=C\c2ccc(OC(C)C(=O)O)c(OC)c2)C1=O. The molecule has 1 saturated heterocycles. The minimum absolute atomic E-state index is 0.158. The summed E-state index contributed by atoms with van der Waals surface area (Å²) in [5.74, 6) is -0.878. The number of carbonyl (C=O) groups is 3. The van der Waals surface area contributed by atoms with Crippen molar-refractivity contribution in [3.63, 3.8) is 0 Å². The molecule has 2 rings (SSSR count). The highest BCUT2D eigenvalue weighted by Crippen LogP contribution is 2.34. The Labute approximate surface area is 148 Å². The predicted molar refractivity (Wildman–Crippen MR) is 93.6 cm³/mol. The van der Waals surface area contributed by atoms with Gasteiger partial charge in [-0.2, -0.15) is 0 Å². The van der Waals surface area contributed by atoms with Gasteiger partial charge in [-0.05, 0) is 42.5 Å². The molecule has 1 N–H and O–H groups in total. The van der Waals surface area contributed by atoms with Crippen LogP contribution in [0.4, 0.5) is 4.79 Å². The molecule has 1 aromatic rings. The van der Waals surface area contributed by atoms with E-state index in [2.05, 4.69) is 6.58 Å². The molecule has 1 aliphatic heterocycles. The fourth-order valence-electron chi connectivity index (χ4n) is 2.05. The van der Waals surface area contributed by atoms with Crippen molar-refractivity contribution in [2.45, 2.75) is 13.0 Å². The summed E-state index contributed by atoms with van der Waals surface area (Å²) < 4.78 is 10.5. The van der Waals surface area contributed by atoms with E-state index in [0.717, 1.165) is 16.7 Å². The second-order valence-corrected chi connectivity index (χ2v) is 6.08. The van der Waals surface area contributed by atoms with Crippen LogP contribution in [-0.2, 0) is 9.59 Å². The van der Waals surface area contributed by atoms with E-state index in [4.69, 9.17) is 14.6 Å². The predicted octanol–water partition coefficient (Wildman–Crippen LogP) is 2.77. The van der Waals surface area contributed by atoms with Crippen molar-refractivity contribution in [2.75, 3.05) is 13.7 Å². The fraction of sp³-hybridized carbons (Fsp3) is 0.235. The van der Waals surface area contributed by atoms with Crippen LogP contribution in [0.1, 0.15) is 12.5 Å². The summed E-state index contributed by atoms with van der Waals surface area (Å²) in [5, 5.41) is 8.57. The molecule has 0 spiro atoms. The van der Waals surface area contributed by atoms with Gasteiger partial charge in [0.2, 0.25) is 0 Å². The van der Waals surface area contributed by atoms with Gasteiger partial charge in [-0.3, -0.25) is 14.5 Å². The molecular formula is C17H17NO6S. The summed E-state index contributed by atoms with van der Waals surface area (Å²) in [5.41, 5.74) is 0.622. The number of benzene rings is 1. The molecule has 1 heterocycles. The van der Waals surface area contributed by atoms with Gasteiger partial charge in [0, 0.05) is 6.54 Å². The summed E-state index contributed by atoms with van der Waals surface area (Å²) in [6.45, 7) is 5.09. The number of aliphatic carboxylic acids is 1. The molecule has 1 aromatic carbocycles. The standard InChI is InChI=1S/C17H17NO6S/c1-4-7-18-15(19)14(25-17(18)22)9-11-5-6-12(13(8-11)23-3)24-10(2)16(20)21/h4-6,8-10H,1,7H2,2-3H3,(H,20,21)/b14-9-. The Morgan fingerprint density at radius 2 is 2.12 bits per heavy atom. The monoisotopic (exact) mass is 363 g/mol. The Bertz CT molecular complexity index is 758. The highest BCUT2D eigenvalue weighted by molar-refractivity contribution is 8.18. The van der Waals surface area contributed by atoms with Crippen LogP contribution in [-0.4, -0.2) is 46.9 Å². The van der Waals surface area contributed by atoms with Crippen LogP contribution >= 0.6 is 11.8 Å². The quantitative estimate of drug-likeness (QED) is 0.588. The normalized spacial score (nSPS) is 16.9. The van der Waals surface area contributed by atoms with E-state index in [1.54, 1.807) is 24.3 Å². The molecule has 8 heteroatoms. The van der Waals surface area contributed by atoms with E-state index in [1.807, 2.05) is 0 Å². The van der Waals surface area contributed by atoms with E-state index < -0.39 is 12.1 Å². The van der Waals surface area contributed by atoms with Gasteiger partial charge in [0.25, 0.3) is 11.1 Å². The second-order valence-electron chi connectivity index (χ2n) is 5.09. The number of carboxylic acid groups (broad SMARTS) is 1. The van der Waals surface area contributed by atoms with Crippen LogP contribution in [0, 0.1) is 0 Å². The molecule has 1 fully saturated rings. The smallest absolute Gasteiger partial charge is 0.344 e. The van der Waals surface area contributed by atoms with Crippen molar-refractivity contribution in [1.29, 1.82) is 0 Å². The number of ether oxygens (including phenoxy) is 2. The lowest BCUT2D eigenvalue weighted by Gasteiger charge is -2.14. The van der Waals surface area contributed by atoms with Crippen molar-refractivity contribution in [2.24, 2.45) is 0 Å².